The summed E-state index contributed by atoms with van der Waals surface area (Å²) in [7, 11) is 0. The second kappa shape index (κ2) is 11.5. The fourth-order valence-electron chi connectivity index (χ4n) is 3.98. The Morgan fingerprint density at radius 3 is 2.04 bits per heavy atom. The van der Waals surface area contributed by atoms with Crippen molar-refractivity contribution in [3.8, 4) is 5.75 Å². The topological polar surface area (TPSA) is 57.5 Å². The van der Waals surface area contributed by atoms with E-state index in [0.29, 0.717) is 18.6 Å². The van der Waals surface area contributed by atoms with E-state index in [1.165, 1.54) is 38.5 Å². The molecule has 28 heavy (non-hydrogen) atoms. The molecule has 0 spiro atoms. The van der Waals surface area contributed by atoms with Gasteiger partial charge in [-0.15, -0.1) is 0 Å². The SMILES string of the molecule is CCCCCCCCCCC(Cc1c(C)cc(C(C)(C)C)c(O)c1C)C(=O)O. The van der Waals surface area contributed by atoms with Crippen LogP contribution in [-0.2, 0) is 16.6 Å². The van der Waals surface area contributed by atoms with Crippen molar-refractivity contribution in [2.24, 2.45) is 5.92 Å². The summed E-state index contributed by atoms with van der Waals surface area (Å²) in [6.07, 6.45) is 11.0. The molecule has 160 valence electrons. The van der Waals surface area contributed by atoms with Gasteiger partial charge in [-0.2, -0.15) is 0 Å². The van der Waals surface area contributed by atoms with Crippen molar-refractivity contribution < 1.29 is 15.0 Å². The van der Waals surface area contributed by atoms with Crippen molar-refractivity contribution in [1.29, 1.82) is 0 Å². The largest absolute Gasteiger partial charge is 0.507 e. The van der Waals surface area contributed by atoms with Crippen molar-refractivity contribution in [2.75, 3.05) is 0 Å². The number of aryl methyl sites for hydroxylation is 1. The Kier molecular flexibility index (Phi) is 10.1. The van der Waals surface area contributed by atoms with E-state index in [-0.39, 0.29) is 11.3 Å². The van der Waals surface area contributed by atoms with Gasteiger partial charge in [0.25, 0.3) is 0 Å². The number of phenols is 1. The maximum Gasteiger partial charge on any atom is 0.306 e. The fourth-order valence-corrected chi connectivity index (χ4v) is 3.98. The first-order valence-electron chi connectivity index (χ1n) is 11.1. The van der Waals surface area contributed by atoms with Gasteiger partial charge >= 0.3 is 5.97 Å². The maximum atomic E-state index is 11.8. The van der Waals surface area contributed by atoms with Crippen molar-refractivity contribution in [2.45, 2.75) is 111 Å². The standard InChI is InChI=1S/C25H42O3/c1-7-8-9-10-11-12-13-14-15-20(24(27)28)17-21-18(2)16-22(25(4,5)6)23(26)19(21)3/h16,20,26H,7-15,17H2,1-6H3,(H,27,28). The average Bonchev–Trinajstić information content (AvgIpc) is 2.60. The Balaban J connectivity index is 2.70. The lowest BCUT2D eigenvalue weighted by Crippen LogP contribution is -2.19. The lowest BCUT2D eigenvalue weighted by Gasteiger charge is -2.25. The Bertz CT molecular complexity index is 626. The van der Waals surface area contributed by atoms with E-state index in [1.54, 1.807) is 0 Å². The van der Waals surface area contributed by atoms with Crippen LogP contribution in [0, 0.1) is 19.8 Å². The Hall–Kier alpha value is -1.51. The minimum Gasteiger partial charge on any atom is -0.507 e. The summed E-state index contributed by atoms with van der Waals surface area (Å²) in [5, 5.41) is 20.4. The van der Waals surface area contributed by atoms with Gasteiger partial charge in [-0.1, -0.05) is 85.1 Å². The van der Waals surface area contributed by atoms with Gasteiger partial charge < -0.3 is 10.2 Å². The summed E-state index contributed by atoms with van der Waals surface area (Å²) < 4.78 is 0. The highest BCUT2D eigenvalue weighted by Crippen LogP contribution is 2.37. The zero-order valence-electron chi connectivity index (χ0n) is 19.0. The van der Waals surface area contributed by atoms with Crippen LogP contribution in [0.1, 0.15) is 108 Å². The van der Waals surface area contributed by atoms with Crippen LogP contribution in [0.3, 0.4) is 0 Å². The number of unbranched alkanes of at least 4 members (excludes halogenated alkanes) is 7. The van der Waals surface area contributed by atoms with Crippen LogP contribution >= 0.6 is 0 Å². The second-order valence-corrected chi connectivity index (χ2v) is 9.45. The Morgan fingerprint density at radius 1 is 1.00 bits per heavy atom. The molecule has 2 N–H and O–H groups in total. The molecule has 0 fully saturated rings. The summed E-state index contributed by atoms with van der Waals surface area (Å²) in [4.78, 5) is 11.8. The minimum absolute atomic E-state index is 0.137. The molecule has 0 aliphatic rings. The van der Waals surface area contributed by atoms with Gasteiger partial charge in [-0.3, -0.25) is 4.79 Å². The number of phenolic OH excluding ortho intramolecular Hbond substituents is 1. The van der Waals surface area contributed by atoms with Gasteiger partial charge in [-0.05, 0) is 54.4 Å². The molecule has 0 aliphatic heterocycles. The molecule has 0 aromatic heterocycles. The third-order valence-corrected chi connectivity index (χ3v) is 5.91. The summed E-state index contributed by atoms with van der Waals surface area (Å²) in [5.41, 5.74) is 3.72. The highest BCUT2D eigenvalue weighted by molar-refractivity contribution is 5.70. The van der Waals surface area contributed by atoms with Gasteiger partial charge in [-0.25, -0.2) is 0 Å². The summed E-state index contributed by atoms with van der Waals surface area (Å²) in [5.74, 6) is -0.775. The number of carboxylic acid groups (broad SMARTS) is 1. The summed E-state index contributed by atoms with van der Waals surface area (Å²) in [6, 6.07) is 2.03. The lowest BCUT2D eigenvalue weighted by molar-refractivity contribution is -0.142. The molecule has 0 aliphatic carbocycles. The first-order valence-corrected chi connectivity index (χ1v) is 11.1. The first-order chi connectivity index (χ1) is 13.1. The average molecular weight is 391 g/mol. The van der Waals surface area contributed by atoms with Gasteiger partial charge in [0.2, 0.25) is 0 Å². The van der Waals surface area contributed by atoms with Gasteiger partial charge in [0, 0.05) is 0 Å². The zero-order chi connectivity index (χ0) is 21.3. The molecular formula is C25H42O3. The van der Waals surface area contributed by atoms with Crippen LogP contribution in [0.5, 0.6) is 5.75 Å². The van der Waals surface area contributed by atoms with Gasteiger partial charge in [0.05, 0.1) is 5.92 Å². The quantitative estimate of drug-likeness (QED) is 0.375. The predicted octanol–water partition coefficient (Wildman–Crippen LogP) is 7.08. The van der Waals surface area contributed by atoms with E-state index in [0.717, 1.165) is 35.1 Å². The number of aromatic hydroxyl groups is 1. The van der Waals surface area contributed by atoms with E-state index in [9.17, 15) is 15.0 Å². The molecule has 0 saturated carbocycles. The summed E-state index contributed by atoms with van der Waals surface area (Å²) >= 11 is 0. The van der Waals surface area contributed by atoms with E-state index in [1.807, 2.05) is 19.9 Å². The van der Waals surface area contributed by atoms with Crippen LogP contribution < -0.4 is 0 Å². The molecule has 3 nitrogen and oxygen atoms in total. The number of aliphatic carboxylic acids is 1. The lowest BCUT2D eigenvalue weighted by atomic mass is 9.81. The molecule has 0 amide bonds. The molecule has 0 saturated heterocycles. The Morgan fingerprint density at radius 2 is 1.54 bits per heavy atom. The van der Waals surface area contributed by atoms with Gasteiger partial charge in [0.1, 0.15) is 5.75 Å². The molecule has 0 radical (unpaired) electrons. The second-order valence-electron chi connectivity index (χ2n) is 9.45. The molecule has 3 heteroatoms. The molecule has 1 unspecified atom stereocenters. The van der Waals surface area contributed by atoms with Gasteiger partial charge in [0.15, 0.2) is 0 Å². The number of hydrogen-bond donors (Lipinski definition) is 2. The zero-order valence-corrected chi connectivity index (χ0v) is 19.0. The van der Waals surface area contributed by atoms with Crippen LogP contribution in [0.25, 0.3) is 0 Å². The highest BCUT2D eigenvalue weighted by Gasteiger charge is 2.25. The molecule has 1 aromatic carbocycles. The first kappa shape index (κ1) is 24.5. The number of carbonyl (C=O) groups is 1. The van der Waals surface area contributed by atoms with Crippen molar-refractivity contribution in [1.82, 2.24) is 0 Å². The normalized spacial score (nSPS) is 12.9. The van der Waals surface area contributed by atoms with Crippen LogP contribution in [0.15, 0.2) is 6.07 Å². The number of benzene rings is 1. The van der Waals surface area contributed by atoms with Crippen molar-refractivity contribution >= 4 is 5.97 Å². The predicted molar refractivity (Wildman–Crippen MR) is 118 cm³/mol. The van der Waals surface area contributed by atoms with E-state index >= 15 is 0 Å². The number of carboxylic acids is 1. The Labute approximate surface area is 172 Å². The van der Waals surface area contributed by atoms with E-state index in [4.69, 9.17) is 0 Å². The maximum absolute atomic E-state index is 11.8. The summed E-state index contributed by atoms with van der Waals surface area (Å²) in [6.45, 7) is 12.4. The molecule has 1 aromatic rings. The number of rotatable bonds is 12. The smallest absolute Gasteiger partial charge is 0.306 e. The highest BCUT2D eigenvalue weighted by atomic mass is 16.4. The van der Waals surface area contributed by atoms with Crippen LogP contribution in [-0.4, -0.2) is 16.2 Å². The third kappa shape index (κ3) is 7.48. The van der Waals surface area contributed by atoms with Crippen LogP contribution in [0.2, 0.25) is 0 Å². The van der Waals surface area contributed by atoms with E-state index < -0.39 is 5.97 Å². The molecule has 1 rings (SSSR count). The minimum atomic E-state index is -0.721. The fraction of sp³-hybridized carbons (Fsp3) is 0.720. The third-order valence-electron chi connectivity index (χ3n) is 5.91. The van der Waals surface area contributed by atoms with Crippen molar-refractivity contribution in [3.05, 3.63) is 28.3 Å². The molecule has 1 atom stereocenters. The molecule has 0 bridgehead atoms. The molecular weight excluding hydrogens is 348 g/mol. The number of hydrogen-bond acceptors (Lipinski definition) is 2. The monoisotopic (exact) mass is 390 g/mol. The molecule has 0 heterocycles. The van der Waals surface area contributed by atoms with E-state index in [2.05, 4.69) is 27.7 Å². The van der Waals surface area contributed by atoms with Crippen molar-refractivity contribution in [3.63, 3.8) is 0 Å². The van der Waals surface area contributed by atoms with Crippen LogP contribution in [0.4, 0.5) is 0 Å².